The third-order valence-corrected chi connectivity index (χ3v) is 5.02. The molecule has 0 saturated carbocycles. The van der Waals surface area contributed by atoms with E-state index in [0.717, 1.165) is 0 Å². The van der Waals surface area contributed by atoms with E-state index in [1.807, 2.05) is 0 Å². The van der Waals surface area contributed by atoms with Crippen molar-refractivity contribution in [2.45, 2.75) is 18.7 Å². The molecule has 0 radical (unpaired) electrons. The summed E-state index contributed by atoms with van der Waals surface area (Å²) in [4.78, 5) is 15.1. The molecule has 0 aromatic heterocycles. The summed E-state index contributed by atoms with van der Waals surface area (Å²) in [5.41, 5.74) is 0.613. The second kappa shape index (κ2) is 7.29. The van der Waals surface area contributed by atoms with Gasteiger partial charge in [-0.15, -0.1) is 0 Å². The summed E-state index contributed by atoms with van der Waals surface area (Å²) in [6, 6.07) is 7.06. The van der Waals surface area contributed by atoms with Crippen LogP contribution in [0.5, 0.6) is 0 Å². The Morgan fingerprint density at radius 3 is 2.56 bits per heavy atom. The van der Waals surface area contributed by atoms with Crippen molar-refractivity contribution in [1.29, 1.82) is 0 Å². The maximum absolute atomic E-state index is 12.9. The minimum Gasteiger partial charge on any atom is -0.382 e. The number of alkyl halides is 3. The molecule has 1 unspecified atom stereocenters. The van der Waals surface area contributed by atoms with Crippen LogP contribution < -0.4 is 0 Å². The van der Waals surface area contributed by atoms with Gasteiger partial charge >= 0.3 is 6.18 Å². The Balaban J connectivity index is 2.13. The summed E-state index contributed by atoms with van der Waals surface area (Å²) in [5.74, 6) is 0. The Labute approximate surface area is 169 Å². The number of hydrogen-bond acceptors (Lipinski definition) is 4. The molecule has 0 aliphatic carbocycles. The number of oxime groups is 1. The van der Waals surface area contributed by atoms with Crippen LogP contribution in [-0.4, -0.2) is 22.9 Å². The quantitative estimate of drug-likeness (QED) is 0.375. The fourth-order valence-electron chi connectivity index (χ4n) is 2.61. The first kappa shape index (κ1) is 19.9. The molecular weight excluding hydrogens is 476 g/mol. The van der Waals surface area contributed by atoms with E-state index in [-0.39, 0.29) is 37.0 Å². The molecule has 1 aliphatic heterocycles. The van der Waals surface area contributed by atoms with Crippen molar-refractivity contribution in [3.8, 4) is 11.1 Å². The van der Waals surface area contributed by atoms with Crippen molar-refractivity contribution < 1.29 is 22.9 Å². The minimum atomic E-state index is -4.58. The Hall–Kier alpha value is -1.84. The summed E-state index contributed by atoms with van der Waals surface area (Å²) in [6.45, 7) is 0. The van der Waals surface area contributed by atoms with Gasteiger partial charge in [0.05, 0.1) is 20.1 Å². The average Bonchev–Trinajstić information content (AvgIpc) is 3.05. The van der Waals surface area contributed by atoms with Gasteiger partial charge < -0.3 is 4.84 Å². The fraction of sp³-hybridized carbons (Fsp3) is 0.188. The number of nitrogens with zero attached hydrogens (tertiary/aromatic N) is 2. The fourth-order valence-corrected chi connectivity index (χ4v) is 3.61. The van der Waals surface area contributed by atoms with E-state index >= 15 is 0 Å². The second-order valence-electron chi connectivity index (χ2n) is 5.61. The number of nitro groups is 1. The number of nitro benzene ring substituents is 1. The van der Waals surface area contributed by atoms with Crippen LogP contribution >= 0.6 is 39.1 Å². The highest BCUT2D eigenvalue weighted by Gasteiger charge is 2.46. The highest BCUT2D eigenvalue weighted by atomic mass is 79.9. The Bertz CT molecular complexity index is 967. The van der Waals surface area contributed by atoms with Gasteiger partial charge in [-0.05, 0) is 39.7 Å². The SMILES string of the molecule is O=[N+]([O-])c1cc(-c2c(Cl)cc(Cl)cc2C2=NOC(C(F)(F)F)C2)ccc1Br. The lowest BCUT2D eigenvalue weighted by atomic mass is 9.94. The topological polar surface area (TPSA) is 64.7 Å². The first-order valence-electron chi connectivity index (χ1n) is 7.31. The van der Waals surface area contributed by atoms with E-state index in [9.17, 15) is 23.3 Å². The van der Waals surface area contributed by atoms with Crippen LogP contribution in [0.1, 0.15) is 12.0 Å². The van der Waals surface area contributed by atoms with Crippen LogP contribution in [-0.2, 0) is 4.84 Å². The zero-order chi connectivity index (χ0) is 19.9. The highest BCUT2D eigenvalue weighted by Crippen LogP contribution is 2.40. The lowest BCUT2D eigenvalue weighted by Crippen LogP contribution is -2.28. The largest absolute Gasteiger partial charge is 0.428 e. The first-order valence-corrected chi connectivity index (χ1v) is 8.86. The van der Waals surface area contributed by atoms with Crippen molar-refractivity contribution in [3.63, 3.8) is 0 Å². The molecule has 5 nitrogen and oxygen atoms in total. The molecule has 0 amide bonds. The molecule has 0 saturated heterocycles. The lowest BCUT2D eigenvalue weighted by Gasteiger charge is -2.14. The molecule has 3 rings (SSSR count). The first-order chi connectivity index (χ1) is 12.6. The highest BCUT2D eigenvalue weighted by molar-refractivity contribution is 9.10. The molecule has 1 atom stereocenters. The van der Waals surface area contributed by atoms with Crippen molar-refractivity contribution in [1.82, 2.24) is 0 Å². The summed E-state index contributed by atoms with van der Waals surface area (Å²) < 4.78 is 38.9. The van der Waals surface area contributed by atoms with Gasteiger partial charge in [0.2, 0.25) is 6.10 Å². The second-order valence-corrected chi connectivity index (χ2v) is 7.31. The molecule has 1 aliphatic rings. The molecule has 0 fully saturated rings. The van der Waals surface area contributed by atoms with Gasteiger partial charge in [-0.25, -0.2) is 0 Å². The number of rotatable bonds is 3. The van der Waals surface area contributed by atoms with Crippen molar-refractivity contribution >= 4 is 50.5 Å². The van der Waals surface area contributed by atoms with Crippen LogP contribution in [0.4, 0.5) is 18.9 Å². The lowest BCUT2D eigenvalue weighted by molar-refractivity contribution is -0.385. The monoisotopic (exact) mass is 482 g/mol. The Morgan fingerprint density at radius 2 is 1.96 bits per heavy atom. The summed E-state index contributed by atoms with van der Waals surface area (Å²) in [7, 11) is 0. The zero-order valence-corrected chi connectivity index (χ0v) is 16.2. The van der Waals surface area contributed by atoms with Crippen LogP contribution in [0.25, 0.3) is 11.1 Å². The Kier molecular flexibility index (Phi) is 5.38. The molecule has 0 N–H and O–H groups in total. The van der Waals surface area contributed by atoms with Gasteiger partial charge in [0, 0.05) is 28.6 Å². The zero-order valence-electron chi connectivity index (χ0n) is 13.1. The molecule has 0 bridgehead atoms. The molecule has 27 heavy (non-hydrogen) atoms. The summed E-state index contributed by atoms with van der Waals surface area (Å²) in [5, 5.41) is 15.0. The molecular formula is C16H8BrCl2F3N2O3. The maximum Gasteiger partial charge on any atom is 0.428 e. The van der Waals surface area contributed by atoms with E-state index in [0.29, 0.717) is 5.56 Å². The molecule has 2 aromatic rings. The van der Waals surface area contributed by atoms with E-state index in [2.05, 4.69) is 25.9 Å². The third kappa shape index (κ3) is 4.04. The molecule has 11 heteroatoms. The standard InChI is InChI=1S/C16H8BrCl2F3N2O3/c17-10-2-1-7(3-13(10)24(25)26)15-9(4-8(18)5-11(15)19)12-6-14(27-23-12)16(20,21)22/h1-5,14H,6H2. The molecule has 2 aromatic carbocycles. The number of hydrogen-bond donors (Lipinski definition) is 0. The normalized spacial score (nSPS) is 16.8. The van der Waals surface area contributed by atoms with E-state index < -0.39 is 23.6 Å². The van der Waals surface area contributed by atoms with Crippen molar-refractivity contribution in [2.75, 3.05) is 0 Å². The molecule has 142 valence electrons. The van der Waals surface area contributed by atoms with Crippen LogP contribution in [0.2, 0.25) is 10.0 Å². The predicted octanol–water partition coefficient (Wildman–Crippen LogP) is 6.39. The van der Waals surface area contributed by atoms with Gasteiger partial charge in [0.25, 0.3) is 5.69 Å². The van der Waals surface area contributed by atoms with Crippen LogP contribution in [0, 0.1) is 10.1 Å². The Morgan fingerprint density at radius 1 is 1.26 bits per heavy atom. The summed E-state index contributed by atoms with van der Waals surface area (Å²) in [6.07, 6.45) is -7.17. The summed E-state index contributed by atoms with van der Waals surface area (Å²) >= 11 is 15.3. The molecule has 0 spiro atoms. The van der Waals surface area contributed by atoms with Gasteiger partial charge in [0.15, 0.2) is 0 Å². The van der Waals surface area contributed by atoms with E-state index in [4.69, 9.17) is 23.2 Å². The van der Waals surface area contributed by atoms with Crippen LogP contribution in [0.3, 0.4) is 0 Å². The minimum absolute atomic E-state index is 0.00213. The van der Waals surface area contributed by atoms with E-state index in [1.165, 1.54) is 24.3 Å². The van der Waals surface area contributed by atoms with Crippen LogP contribution in [0.15, 0.2) is 40.0 Å². The van der Waals surface area contributed by atoms with Crippen molar-refractivity contribution in [3.05, 3.63) is 60.5 Å². The van der Waals surface area contributed by atoms with Crippen molar-refractivity contribution in [2.24, 2.45) is 5.16 Å². The molecule has 1 heterocycles. The smallest absolute Gasteiger partial charge is 0.382 e. The predicted molar refractivity (Wildman–Crippen MR) is 98.3 cm³/mol. The van der Waals surface area contributed by atoms with Gasteiger partial charge in [-0.1, -0.05) is 34.4 Å². The van der Waals surface area contributed by atoms with Gasteiger partial charge in [0.1, 0.15) is 0 Å². The van der Waals surface area contributed by atoms with Gasteiger partial charge in [-0.3, -0.25) is 10.1 Å². The van der Waals surface area contributed by atoms with E-state index in [1.54, 1.807) is 6.07 Å². The maximum atomic E-state index is 12.9. The number of halogens is 6. The average molecular weight is 484 g/mol. The third-order valence-electron chi connectivity index (χ3n) is 3.83. The number of benzene rings is 2. The van der Waals surface area contributed by atoms with Gasteiger partial charge in [-0.2, -0.15) is 13.2 Å².